The van der Waals surface area contributed by atoms with Crippen LogP contribution in [0.2, 0.25) is 0 Å². The largest absolute Gasteiger partial charge is 0.387 e. The molecule has 0 amide bonds. The lowest BCUT2D eigenvalue weighted by Gasteiger charge is -2.31. The second kappa shape index (κ2) is 10.9. The van der Waals surface area contributed by atoms with Crippen LogP contribution in [-0.2, 0) is 27.3 Å². The van der Waals surface area contributed by atoms with E-state index in [1.807, 2.05) is 33.3 Å². The maximum atomic E-state index is 14.4. The van der Waals surface area contributed by atoms with Gasteiger partial charge in [0, 0.05) is 29.7 Å². The number of ether oxygens (including phenoxy) is 1. The first-order valence-electron chi connectivity index (χ1n) is 15.8. The topological polar surface area (TPSA) is 106 Å². The van der Waals surface area contributed by atoms with Crippen LogP contribution < -0.4 is 5.56 Å². The van der Waals surface area contributed by atoms with Gasteiger partial charge in [0.15, 0.2) is 0 Å². The molecule has 2 saturated carbocycles. The van der Waals surface area contributed by atoms with Crippen LogP contribution in [0.1, 0.15) is 80.3 Å². The van der Waals surface area contributed by atoms with Gasteiger partial charge in [0.2, 0.25) is 5.84 Å². The molecule has 1 unspecified atom stereocenters. The van der Waals surface area contributed by atoms with E-state index < -0.39 is 12.0 Å². The highest BCUT2D eigenvalue weighted by Gasteiger charge is 2.49. The van der Waals surface area contributed by atoms with Gasteiger partial charge in [-0.05, 0) is 61.6 Å². The fourth-order valence-corrected chi connectivity index (χ4v) is 6.76. The minimum absolute atomic E-state index is 0.0832. The monoisotopic (exact) mass is 595 g/mol. The van der Waals surface area contributed by atoms with Gasteiger partial charge in [0.1, 0.15) is 5.65 Å². The van der Waals surface area contributed by atoms with E-state index in [-0.39, 0.29) is 17.7 Å². The summed E-state index contributed by atoms with van der Waals surface area (Å²) in [4.78, 5) is 25.0. The number of benzene rings is 2. The zero-order chi connectivity index (χ0) is 29.8. The summed E-state index contributed by atoms with van der Waals surface area (Å²) in [6.07, 6.45) is 8.93. The number of hydroxylamine groups is 2. The molecule has 8 rings (SSSR count). The molecule has 4 aliphatic rings. The van der Waals surface area contributed by atoms with E-state index in [1.165, 1.54) is 0 Å². The maximum Gasteiger partial charge on any atom is 0.353 e. The summed E-state index contributed by atoms with van der Waals surface area (Å²) < 4.78 is 10.0. The Kier molecular flexibility index (Phi) is 6.81. The first kappa shape index (κ1) is 27.6. The number of hydrogen-bond acceptors (Lipinski definition) is 8. The van der Waals surface area contributed by atoms with Crippen molar-refractivity contribution in [2.24, 2.45) is 5.16 Å². The Morgan fingerprint density at radius 2 is 1.80 bits per heavy atom. The summed E-state index contributed by atoms with van der Waals surface area (Å²) >= 11 is 0. The molecule has 1 saturated heterocycles. The highest BCUT2D eigenvalue weighted by molar-refractivity contribution is 6.04. The van der Waals surface area contributed by atoms with E-state index in [0.29, 0.717) is 18.9 Å². The molecule has 2 aliphatic heterocycles. The molecule has 4 aromatic rings. The number of aliphatic hydroxyl groups is 1. The average molecular weight is 596 g/mol. The lowest BCUT2D eigenvalue weighted by atomic mass is 9.92. The van der Waals surface area contributed by atoms with Gasteiger partial charge >= 0.3 is 6.41 Å². The predicted octanol–water partition coefficient (Wildman–Crippen LogP) is 4.95. The molecule has 0 radical (unpaired) electrons. The second-order valence-corrected chi connectivity index (χ2v) is 12.6. The minimum Gasteiger partial charge on any atom is -0.387 e. The Morgan fingerprint density at radius 3 is 2.48 bits per heavy atom. The zero-order valence-electron chi connectivity index (χ0n) is 24.9. The van der Waals surface area contributed by atoms with E-state index in [0.717, 1.165) is 90.5 Å². The highest BCUT2D eigenvalue weighted by Crippen LogP contribution is 2.38. The molecule has 2 aromatic heterocycles. The van der Waals surface area contributed by atoms with Crippen molar-refractivity contribution in [1.82, 2.24) is 19.2 Å². The van der Waals surface area contributed by atoms with E-state index in [4.69, 9.17) is 19.5 Å². The highest BCUT2D eigenvalue weighted by atomic mass is 17.0. The second-order valence-electron chi connectivity index (χ2n) is 12.6. The van der Waals surface area contributed by atoms with Crippen LogP contribution in [0.5, 0.6) is 0 Å². The summed E-state index contributed by atoms with van der Waals surface area (Å²) in [5.74, 6) is 0.674. The quantitative estimate of drug-likeness (QED) is 0.259. The molecule has 10 heteroatoms. The molecule has 228 valence electrons. The van der Waals surface area contributed by atoms with Gasteiger partial charge in [-0.3, -0.25) is 9.36 Å². The summed E-state index contributed by atoms with van der Waals surface area (Å²) in [5, 5.41) is 20.7. The first-order chi connectivity index (χ1) is 21.5. The van der Waals surface area contributed by atoms with Crippen molar-refractivity contribution in [3.05, 3.63) is 93.5 Å². The van der Waals surface area contributed by atoms with Crippen LogP contribution in [0.15, 0.2) is 70.7 Å². The number of nitrogens with zero attached hydrogens (tertiary/aromatic N) is 5. The molecule has 0 spiro atoms. The number of aromatic nitrogens is 3. The Hall–Kier alpha value is -3.99. The van der Waals surface area contributed by atoms with Crippen LogP contribution >= 0.6 is 0 Å². The SMILES string of the molecule is CCCc1c(Cc2ccc(-c3ccccc3C3=NOC4ON34)cc2)c(=O)n([C@H]2CC[C@H](OCC3(O)CC3)CC2)c2ccnn12. The Morgan fingerprint density at radius 1 is 1.02 bits per heavy atom. The van der Waals surface area contributed by atoms with Crippen molar-refractivity contribution in [3.63, 3.8) is 0 Å². The molecule has 44 heavy (non-hydrogen) atoms. The predicted molar refractivity (Wildman–Crippen MR) is 164 cm³/mol. The first-order valence-corrected chi connectivity index (χ1v) is 15.8. The van der Waals surface area contributed by atoms with E-state index in [9.17, 15) is 9.90 Å². The van der Waals surface area contributed by atoms with Crippen molar-refractivity contribution in [3.8, 4) is 11.1 Å². The normalized spacial score (nSPS) is 23.4. The standard InChI is InChI=1S/C34H37N5O5/c1-2-5-29-28(20-22-8-10-23(11-9-22)26-6-3-4-7-27(26)31-36-43-33-39(31)44-33)32(40)37(30-16-19-35-38(29)30)24-12-14-25(15-13-24)42-21-34(41)17-18-34/h3-4,6-11,16,19,24-25,33,41H,2,5,12-15,17-18,20-21H2,1H3/t24-,25-,33?,39?. The summed E-state index contributed by atoms with van der Waals surface area (Å²) in [6.45, 7) is 2.56. The van der Waals surface area contributed by atoms with Gasteiger partial charge in [-0.1, -0.05) is 67.0 Å². The minimum atomic E-state index is -0.601. The number of amidine groups is 1. The van der Waals surface area contributed by atoms with Crippen molar-refractivity contribution in [2.75, 3.05) is 6.61 Å². The number of oxime groups is 1. The van der Waals surface area contributed by atoms with Crippen LogP contribution in [0.4, 0.5) is 0 Å². The van der Waals surface area contributed by atoms with Crippen LogP contribution in [-0.4, -0.2) is 54.9 Å². The fourth-order valence-electron chi connectivity index (χ4n) is 6.76. The van der Waals surface area contributed by atoms with Crippen molar-refractivity contribution >= 4 is 11.5 Å². The number of rotatable bonds is 10. The molecule has 0 bridgehead atoms. The van der Waals surface area contributed by atoms with Crippen LogP contribution in [0.3, 0.4) is 0 Å². The lowest BCUT2D eigenvalue weighted by molar-refractivity contribution is -0.0387. The summed E-state index contributed by atoms with van der Waals surface area (Å²) in [6, 6.07) is 18.6. The van der Waals surface area contributed by atoms with Crippen molar-refractivity contribution in [2.45, 2.75) is 88.9 Å². The Bertz CT molecular complexity index is 1780. The third-order valence-corrected chi connectivity index (χ3v) is 9.46. The van der Waals surface area contributed by atoms with Crippen molar-refractivity contribution < 1.29 is 19.5 Å². The van der Waals surface area contributed by atoms with Gasteiger partial charge in [0.05, 0.1) is 30.2 Å². The summed E-state index contributed by atoms with van der Waals surface area (Å²) in [7, 11) is 0. The number of hydrogen-bond donors (Lipinski definition) is 1. The third kappa shape index (κ3) is 5.00. The maximum absolute atomic E-state index is 14.4. The average Bonchev–Trinajstić information content (AvgIpc) is 3.88. The smallest absolute Gasteiger partial charge is 0.353 e. The van der Waals surface area contributed by atoms with Gasteiger partial charge in [-0.15, -0.1) is 0 Å². The molecule has 10 nitrogen and oxygen atoms in total. The third-order valence-electron chi connectivity index (χ3n) is 9.46. The fraction of sp³-hybridized carbons (Fsp3) is 0.441. The lowest BCUT2D eigenvalue weighted by Crippen LogP contribution is -2.35. The van der Waals surface area contributed by atoms with Crippen LogP contribution in [0.25, 0.3) is 16.8 Å². The zero-order valence-corrected chi connectivity index (χ0v) is 24.9. The van der Waals surface area contributed by atoms with Gasteiger partial charge in [-0.2, -0.15) is 15.0 Å². The van der Waals surface area contributed by atoms with E-state index in [2.05, 4.69) is 42.4 Å². The number of aryl methyl sites for hydroxylation is 1. The van der Waals surface area contributed by atoms with E-state index in [1.54, 1.807) is 11.3 Å². The molecule has 2 aliphatic carbocycles. The van der Waals surface area contributed by atoms with E-state index >= 15 is 0 Å². The Labute approximate surface area is 255 Å². The Balaban J connectivity index is 1.07. The molecular weight excluding hydrogens is 558 g/mol. The molecule has 4 heterocycles. The van der Waals surface area contributed by atoms with Gasteiger partial charge in [-0.25, -0.2) is 4.52 Å². The molecule has 2 aromatic carbocycles. The summed E-state index contributed by atoms with van der Waals surface area (Å²) in [5.41, 5.74) is 6.26. The van der Waals surface area contributed by atoms with Gasteiger partial charge < -0.3 is 14.7 Å². The molecule has 1 atom stereocenters. The van der Waals surface area contributed by atoms with Crippen LogP contribution in [0, 0.1) is 0 Å². The molecule has 1 N–H and O–H groups in total. The van der Waals surface area contributed by atoms with Gasteiger partial charge in [0.25, 0.3) is 5.56 Å². The molecule has 3 fully saturated rings. The van der Waals surface area contributed by atoms with Crippen molar-refractivity contribution in [1.29, 1.82) is 0 Å². The molecular formula is C34H37N5O5. The number of fused-ring (bicyclic) bond motifs is 2.